The number of halogens is 1. The average Bonchev–Trinajstić information content (AvgIpc) is 2.79. The summed E-state index contributed by atoms with van der Waals surface area (Å²) in [6, 6.07) is 10.7. The van der Waals surface area contributed by atoms with Crippen LogP contribution in [0.3, 0.4) is 0 Å². The van der Waals surface area contributed by atoms with Gasteiger partial charge in [-0.25, -0.2) is 4.79 Å². The van der Waals surface area contributed by atoms with Gasteiger partial charge in [-0.2, -0.15) is 0 Å². The molecule has 33 heavy (non-hydrogen) atoms. The zero-order chi connectivity index (χ0) is 24.0. The summed E-state index contributed by atoms with van der Waals surface area (Å²) in [5.74, 6) is 0.476. The number of likely N-dealkylation sites (tertiary alicyclic amines) is 1. The second-order valence-electron chi connectivity index (χ2n) is 8.44. The summed E-state index contributed by atoms with van der Waals surface area (Å²) in [7, 11) is 1.48. The zero-order valence-electron chi connectivity index (χ0n) is 18.9. The Morgan fingerprint density at radius 1 is 1.24 bits per heavy atom. The molecule has 1 aliphatic heterocycles. The van der Waals surface area contributed by atoms with Crippen LogP contribution in [-0.4, -0.2) is 55.3 Å². The van der Waals surface area contributed by atoms with Crippen molar-refractivity contribution in [2.45, 2.75) is 25.8 Å². The van der Waals surface area contributed by atoms with Gasteiger partial charge in [-0.1, -0.05) is 41.4 Å². The molecule has 3 rings (SSSR count). The van der Waals surface area contributed by atoms with Gasteiger partial charge in [-0.15, -0.1) is 0 Å². The van der Waals surface area contributed by atoms with Crippen molar-refractivity contribution in [1.82, 2.24) is 15.5 Å². The van der Waals surface area contributed by atoms with Gasteiger partial charge < -0.3 is 31.1 Å². The molecule has 178 valence electrons. The van der Waals surface area contributed by atoms with E-state index in [1.165, 1.54) is 13.2 Å². The lowest BCUT2D eigenvalue weighted by Gasteiger charge is -2.34. The fourth-order valence-corrected chi connectivity index (χ4v) is 4.22. The van der Waals surface area contributed by atoms with E-state index in [9.17, 15) is 14.7 Å². The van der Waals surface area contributed by atoms with Crippen LogP contribution in [0.5, 0.6) is 5.75 Å². The van der Waals surface area contributed by atoms with E-state index < -0.39 is 6.09 Å². The number of nitrogens with two attached hydrogens (primary N) is 1. The maximum Gasteiger partial charge on any atom is 0.405 e. The minimum atomic E-state index is -1.03. The third kappa shape index (κ3) is 6.76. The standard InChI is InChI=1S/C24H31ClN4O4/c1-15-3-5-17(6-4-15)21(28-24(31)32)14-29-9-7-16(8-10-29)13-27-23(30)18-11-19(25)20(26)12-22(18)33-2/h3-6,11-12,16,21,28H,7-10,13-14,26H2,1-2H3,(H,27,30)(H,31,32). The lowest BCUT2D eigenvalue weighted by Crippen LogP contribution is -2.43. The summed E-state index contributed by atoms with van der Waals surface area (Å²) < 4.78 is 5.26. The summed E-state index contributed by atoms with van der Waals surface area (Å²) in [6.45, 7) is 4.83. The van der Waals surface area contributed by atoms with Crippen molar-refractivity contribution < 1.29 is 19.4 Å². The molecule has 0 aromatic heterocycles. The van der Waals surface area contributed by atoms with Crippen LogP contribution in [0.15, 0.2) is 36.4 Å². The third-order valence-corrected chi connectivity index (χ3v) is 6.37. The van der Waals surface area contributed by atoms with Gasteiger partial charge in [0, 0.05) is 19.2 Å². The molecular weight excluding hydrogens is 444 g/mol. The number of aryl methyl sites for hydroxylation is 1. The van der Waals surface area contributed by atoms with Gasteiger partial charge in [0.1, 0.15) is 5.75 Å². The Morgan fingerprint density at radius 3 is 2.52 bits per heavy atom. The summed E-state index contributed by atoms with van der Waals surface area (Å²) in [6.07, 6.45) is 0.789. The summed E-state index contributed by atoms with van der Waals surface area (Å²) in [5.41, 5.74) is 8.59. The maximum atomic E-state index is 12.7. The largest absolute Gasteiger partial charge is 0.496 e. The normalized spacial score (nSPS) is 15.6. The number of nitrogens with zero attached hydrogens (tertiary/aromatic N) is 1. The van der Waals surface area contributed by atoms with Gasteiger partial charge in [0.25, 0.3) is 5.91 Å². The van der Waals surface area contributed by atoms with E-state index in [0.29, 0.717) is 41.0 Å². The number of hydrogen-bond donors (Lipinski definition) is 4. The SMILES string of the molecule is COc1cc(N)c(Cl)cc1C(=O)NCC1CCN(CC(NC(=O)O)c2ccc(C)cc2)CC1. The number of amides is 2. The first-order valence-corrected chi connectivity index (χ1v) is 11.3. The highest BCUT2D eigenvalue weighted by Gasteiger charge is 2.24. The van der Waals surface area contributed by atoms with Crippen LogP contribution in [0.2, 0.25) is 5.02 Å². The second kappa shape index (κ2) is 11.2. The Bertz CT molecular complexity index is 975. The number of piperidine rings is 1. The number of carbonyl (C=O) groups is 2. The number of benzene rings is 2. The van der Waals surface area contributed by atoms with Crippen LogP contribution >= 0.6 is 11.6 Å². The Kier molecular flexibility index (Phi) is 8.41. The number of anilines is 1. The first-order valence-electron chi connectivity index (χ1n) is 11.0. The van der Waals surface area contributed by atoms with E-state index in [-0.39, 0.29) is 11.9 Å². The van der Waals surface area contributed by atoms with Crippen molar-refractivity contribution in [2.24, 2.45) is 5.92 Å². The predicted octanol–water partition coefficient (Wildman–Crippen LogP) is 3.69. The van der Waals surface area contributed by atoms with Gasteiger partial charge in [-0.3, -0.25) is 4.79 Å². The van der Waals surface area contributed by atoms with E-state index in [1.807, 2.05) is 31.2 Å². The molecule has 1 heterocycles. The number of nitrogen functional groups attached to an aromatic ring is 1. The van der Waals surface area contributed by atoms with E-state index in [1.54, 1.807) is 6.07 Å². The first-order chi connectivity index (χ1) is 15.8. The van der Waals surface area contributed by atoms with Gasteiger partial charge in [-0.05, 0) is 50.4 Å². The first kappa shape index (κ1) is 24.7. The fourth-order valence-electron chi connectivity index (χ4n) is 4.06. The number of rotatable bonds is 8. The predicted molar refractivity (Wildman–Crippen MR) is 129 cm³/mol. The Balaban J connectivity index is 1.52. The molecule has 0 radical (unpaired) electrons. The van der Waals surface area contributed by atoms with Crippen molar-refractivity contribution in [2.75, 3.05) is 39.0 Å². The highest BCUT2D eigenvalue weighted by atomic mass is 35.5. The van der Waals surface area contributed by atoms with Gasteiger partial charge in [0.2, 0.25) is 0 Å². The zero-order valence-corrected chi connectivity index (χ0v) is 19.7. The average molecular weight is 475 g/mol. The van der Waals surface area contributed by atoms with E-state index in [0.717, 1.165) is 37.1 Å². The van der Waals surface area contributed by atoms with Crippen LogP contribution < -0.4 is 21.1 Å². The molecule has 0 aliphatic carbocycles. The highest BCUT2D eigenvalue weighted by molar-refractivity contribution is 6.33. The molecule has 0 bridgehead atoms. The lowest BCUT2D eigenvalue weighted by atomic mass is 9.95. The molecule has 0 spiro atoms. The van der Waals surface area contributed by atoms with Crippen molar-refractivity contribution in [3.63, 3.8) is 0 Å². The van der Waals surface area contributed by atoms with Gasteiger partial charge >= 0.3 is 6.09 Å². The number of ether oxygens (including phenoxy) is 1. The van der Waals surface area contributed by atoms with E-state index >= 15 is 0 Å². The number of hydrogen-bond acceptors (Lipinski definition) is 5. The van der Waals surface area contributed by atoms with Crippen LogP contribution in [0.25, 0.3) is 0 Å². The van der Waals surface area contributed by atoms with E-state index in [4.69, 9.17) is 22.1 Å². The third-order valence-electron chi connectivity index (χ3n) is 6.04. The van der Waals surface area contributed by atoms with Crippen LogP contribution in [0.4, 0.5) is 10.5 Å². The quantitative estimate of drug-likeness (QED) is 0.433. The molecule has 1 atom stereocenters. The molecule has 1 unspecified atom stereocenters. The Morgan fingerprint density at radius 2 is 1.91 bits per heavy atom. The molecule has 1 aliphatic rings. The van der Waals surface area contributed by atoms with Gasteiger partial charge in [0.05, 0.1) is 29.4 Å². The molecule has 2 amide bonds. The molecular formula is C24H31ClN4O4. The minimum Gasteiger partial charge on any atom is -0.496 e. The smallest absolute Gasteiger partial charge is 0.405 e. The summed E-state index contributed by atoms with van der Waals surface area (Å²) >= 11 is 6.07. The van der Waals surface area contributed by atoms with Crippen molar-refractivity contribution in [1.29, 1.82) is 0 Å². The van der Waals surface area contributed by atoms with E-state index in [2.05, 4.69) is 15.5 Å². The summed E-state index contributed by atoms with van der Waals surface area (Å²) in [5, 5.41) is 15.2. The van der Waals surface area contributed by atoms with Crippen LogP contribution in [0.1, 0.15) is 40.4 Å². The number of nitrogens with one attached hydrogen (secondary N) is 2. The summed E-state index contributed by atoms with van der Waals surface area (Å²) in [4.78, 5) is 26.2. The molecule has 2 aromatic rings. The van der Waals surface area contributed by atoms with Crippen LogP contribution in [0, 0.1) is 12.8 Å². The molecule has 2 aromatic carbocycles. The molecule has 5 N–H and O–H groups in total. The maximum absolute atomic E-state index is 12.7. The Hall–Kier alpha value is -2.97. The lowest BCUT2D eigenvalue weighted by molar-refractivity contribution is 0.0932. The number of carboxylic acid groups (broad SMARTS) is 1. The van der Waals surface area contributed by atoms with Crippen molar-refractivity contribution in [3.8, 4) is 5.75 Å². The molecule has 1 fully saturated rings. The monoisotopic (exact) mass is 474 g/mol. The molecule has 1 saturated heterocycles. The van der Waals surface area contributed by atoms with Crippen molar-refractivity contribution in [3.05, 3.63) is 58.1 Å². The number of methoxy groups -OCH3 is 1. The second-order valence-corrected chi connectivity index (χ2v) is 8.85. The van der Waals surface area contributed by atoms with Crippen molar-refractivity contribution >= 4 is 29.3 Å². The van der Waals surface area contributed by atoms with Gasteiger partial charge in [0.15, 0.2) is 0 Å². The molecule has 0 saturated carbocycles. The molecule has 9 heteroatoms. The van der Waals surface area contributed by atoms with Crippen LogP contribution in [-0.2, 0) is 0 Å². The fraction of sp³-hybridized carbons (Fsp3) is 0.417. The molecule has 8 nitrogen and oxygen atoms in total. The topological polar surface area (TPSA) is 117 Å². The minimum absolute atomic E-state index is 0.249. The number of carbonyl (C=O) groups excluding carboxylic acids is 1. The Labute approximate surface area is 199 Å². The highest BCUT2D eigenvalue weighted by Crippen LogP contribution is 2.29.